The highest BCUT2D eigenvalue weighted by atomic mass is 35.5. The van der Waals surface area contributed by atoms with Crippen molar-refractivity contribution in [2.75, 3.05) is 0 Å². The summed E-state index contributed by atoms with van der Waals surface area (Å²) in [7, 11) is 0. The van der Waals surface area contributed by atoms with E-state index in [4.69, 9.17) is 44.0 Å². The molecule has 0 saturated carbocycles. The molecule has 0 aliphatic rings. The van der Waals surface area contributed by atoms with Crippen LogP contribution in [0.3, 0.4) is 0 Å². The van der Waals surface area contributed by atoms with E-state index in [1.165, 1.54) is 24.3 Å². The predicted molar refractivity (Wildman–Crippen MR) is 119 cm³/mol. The van der Waals surface area contributed by atoms with Crippen molar-refractivity contribution in [3.05, 3.63) is 97.1 Å². The number of carbonyl (C=O) groups excluding carboxylic acids is 1. The fraction of sp³-hybridized carbons (Fsp3) is 0.0435. The second kappa shape index (κ2) is 8.15. The van der Waals surface area contributed by atoms with Gasteiger partial charge in [0.25, 0.3) is 0 Å². The van der Waals surface area contributed by atoms with Crippen molar-refractivity contribution in [3.63, 3.8) is 0 Å². The number of hydrogen-bond donors (Lipinski definition) is 0. The molecule has 0 saturated heterocycles. The molecule has 0 amide bonds. The van der Waals surface area contributed by atoms with Crippen LogP contribution in [0.4, 0.5) is 0 Å². The minimum atomic E-state index is -0.807. The van der Waals surface area contributed by atoms with Gasteiger partial charge in [0.2, 0.25) is 11.2 Å². The Bertz CT molecular complexity index is 1340. The Hall–Kier alpha value is -2.79. The lowest BCUT2D eigenvalue weighted by molar-refractivity contribution is 0.0731. The summed E-state index contributed by atoms with van der Waals surface area (Å²) in [6.45, 7) is 1.81. The quantitative estimate of drug-likeness (QED) is 0.311. The molecule has 3 aromatic carbocycles. The normalized spacial score (nSPS) is 10.9. The predicted octanol–water partition coefficient (Wildman–Crippen LogP) is 6.95. The van der Waals surface area contributed by atoms with Crippen molar-refractivity contribution in [2.45, 2.75) is 6.92 Å². The number of aryl methyl sites for hydroxylation is 1. The molecule has 0 fully saturated rings. The lowest BCUT2D eigenvalue weighted by Crippen LogP contribution is -2.16. The van der Waals surface area contributed by atoms with Crippen LogP contribution in [0.5, 0.6) is 5.75 Å². The number of hydrogen-bond acceptors (Lipinski definition) is 4. The summed E-state index contributed by atoms with van der Waals surface area (Å²) in [6, 6.07) is 16.4. The van der Waals surface area contributed by atoms with Crippen molar-refractivity contribution in [3.8, 4) is 17.1 Å². The zero-order valence-electron chi connectivity index (χ0n) is 15.5. The molecule has 0 N–H and O–H groups in total. The zero-order valence-corrected chi connectivity index (χ0v) is 17.8. The largest absolute Gasteiger partial charge is 0.452 e. The van der Waals surface area contributed by atoms with Crippen molar-refractivity contribution in [1.82, 2.24) is 0 Å². The average Bonchev–Trinajstić information content (AvgIpc) is 2.72. The van der Waals surface area contributed by atoms with E-state index in [0.717, 1.165) is 5.56 Å². The van der Waals surface area contributed by atoms with E-state index in [1.807, 2.05) is 6.07 Å². The standard InChI is InChI=1S/C23H13Cl3O4/c1-12-9-19-16(11-17(12)25)20(27)22(21(29-19)13-5-3-2-4-6-13)30-23(28)15-8-7-14(24)10-18(15)26/h2-11H,1H3. The maximum absolute atomic E-state index is 13.2. The molecule has 7 heteroatoms. The smallest absolute Gasteiger partial charge is 0.345 e. The summed E-state index contributed by atoms with van der Waals surface area (Å²) in [5, 5.41) is 1.09. The van der Waals surface area contributed by atoms with Crippen molar-refractivity contribution in [1.29, 1.82) is 0 Å². The Morgan fingerprint density at radius 2 is 1.67 bits per heavy atom. The molecule has 0 bridgehead atoms. The zero-order chi connectivity index (χ0) is 21.4. The van der Waals surface area contributed by atoms with E-state index in [2.05, 4.69) is 0 Å². The van der Waals surface area contributed by atoms with Crippen LogP contribution in [0.1, 0.15) is 15.9 Å². The van der Waals surface area contributed by atoms with Gasteiger partial charge in [0, 0.05) is 15.6 Å². The van der Waals surface area contributed by atoms with E-state index in [0.29, 0.717) is 21.2 Å². The van der Waals surface area contributed by atoms with Crippen molar-refractivity contribution < 1.29 is 13.9 Å². The van der Waals surface area contributed by atoms with Crippen LogP contribution in [-0.4, -0.2) is 5.97 Å². The molecular formula is C23H13Cl3O4. The minimum Gasteiger partial charge on any atom is -0.452 e. The monoisotopic (exact) mass is 458 g/mol. The van der Waals surface area contributed by atoms with Crippen LogP contribution >= 0.6 is 34.8 Å². The first-order chi connectivity index (χ1) is 14.3. The maximum Gasteiger partial charge on any atom is 0.345 e. The van der Waals surface area contributed by atoms with E-state index >= 15 is 0 Å². The number of rotatable bonds is 3. The second-order valence-corrected chi connectivity index (χ2v) is 7.82. The van der Waals surface area contributed by atoms with Gasteiger partial charge < -0.3 is 9.15 Å². The molecule has 0 unspecified atom stereocenters. The lowest BCUT2D eigenvalue weighted by atomic mass is 10.1. The van der Waals surface area contributed by atoms with Crippen molar-refractivity contribution in [2.24, 2.45) is 0 Å². The minimum absolute atomic E-state index is 0.0708. The van der Waals surface area contributed by atoms with Gasteiger partial charge in [-0.3, -0.25) is 4.79 Å². The molecule has 0 spiro atoms. The van der Waals surface area contributed by atoms with Gasteiger partial charge in [-0.2, -0.15) is 0 Å². The molecule has 0 aliphatic heterocycles. The summed E-state index contributed by atoms with van der Waals surface area (Å²) < 4.78 is 11.5. The van der Waals surface area contributed by atoms with Crippen LogP contribution in [0.25, 0.3) is 22.3 Å². The molecule has 150 valence electrons. The number of benzene rings is 3. The molecule has 30 heavy (non-hydrogen) atoms. The van der Waals surface area contributed by atoms with Gasteiger partial charge >= 0.3 is 5.97 Å². The number of ether oxygens (including phenoxy) is 1. The molecule has 0 atom stereocenters. The number of carbonyl (C=O) groups is 1. The number of halogens is 3. The van der Waals surface area contributed by atoms with Gasteiger partial charge in [-0.1, -0.05) is 65.1 Å². The van der Waals surface area contributed by atoms with Crippen molar-refractivity contribution >= 4 is 51.7 Å². The van der Waals surface area contributed by atoms with Gasteiger partial charge in [-0.15, -0.1) is 0 Å². The molecule has 4 nitrogen and oxygen atoms in total. The highest BCUT2D eigenvalue weighted by Crippen LogP contribution is 2.33. The van der Waals surface area contributed by atoms with Crippen LogP contribution in [0, 0.1) is 6.92 Å². The summed E-state index contributed by atoms with van der Waals surface area (Å²) in [6.07, 6.45) is 0. The third kappa shape index (κ3) is 3.82. The van der Waals surface area contributed by atoms with Crippen LogP contribution in [-0.2, 0) is 0 Å². The summed E-state index contributed by atoms with van der Waals surface area (Å²) in [4.78, 5) is 26.0. The fourth-order valence-corrected chi connectivity index (χ4v) is 3.62. The Morgan fingerprint density at radius 3 is 2.37 bits per heavy atom. The van der Waals surface area contributed by atoms with Gasteiger partial charge in [-0.25, -0.2) is 4.79 Å². The highest BCUT2D eigenvalue weighted by Gasteiger charge is 2.23. The van der Waals surface area contributed by atoms with E-state index in [1.54, 1.807) is 37.3 Å². The SMILES string of the molecule is Cc1cc2oc(-c3ccccc3)c(OC(=O)c3ccc(Cl)cc3Cl)c(=O)c2cc1Cl. The molecule has 4 rings (SSSR count). The van der Waals surface area contributed by atoms with Gasteiger partial charge in [0.05, 0.1) is 16.0 Å². The van der Waals surface area contributed by atoms with Gasteiger partial charge in [0.15, 0.2) is 5.76 Å². The Labute approximate surface area is 186 Å². The van der Waals surface area contributed by atoms with E-state index < -0.39 is 11.4 Å². The van der Waals surface area contributed by atoms with Crippen LogP contribution in [0.15, 0.2) is 69.9 Å². The first-order valence-corrected chi connectivity index (χ1v) is 9.98. The van der Waals surface area contributed by atoms with E-state index in [9.17, 15) is 9.59 Å². The number of fused-ring (bicyclic) bond motifs is 1. The third-order valence-electron chi connectivity index (χ3n) is 4.51. The third-order valence-corrected chi connectivity index (χ3v) is 5.47. The molecule has 1 aromatic heterocycles. The van der Waals surface area contributed by atoms with Crippen LogP contribution < -0.4 is 10.2 Å². The highest BCUT2D eigenvalue weighted by molar-refractivity contribution is 6.36. The molecule has 1 heterocycles. The Morgan fingerprint density at radius 1 is 0.933 bits per heavy atom. The maximum atomic E-state index is 13.2. The van der Waals surface area contributed by atoms with Crippen LogP contribution in [0.2, 0.25) is 15.1 Å². The summed E-state index contributed by atoms with van der Waals surface area (Å²) >= 11 is 18.2. The lowest BCUT2D eigenvalue weighted by Gasteiger charge is -2.12. The first kappa shape index (κ1) is 20.5. The second-order valence-electron chi connectivity index (χ2n) is 6.57. The van der Waals surface area contributed by atoms with E-state index in [-0.39, 0.29) is 27.5 Å². The molecule has 0 radical (unpaired) electrons. The number of esters is 1. The summed E-state index contributed by atoms with van der Waals surface area (Å²) in [5.41, 5.74) is 1.22. The van der Waals surface area contributed by atoms with Gasteiger partial charge in [-0.05, 0) is 42.8 Å². The molecule has 4 aromatic rings. The molecule has 0 aliphatic carbocycles. The average molecular weight is 460 g/mol. The first-order valence-electron chi connectivity index (χ1n) is 8.85. The fourth-order valence-electron chi connectivity index (χ4n) is 2.97. The Kier molecular flexibility index (Phi) is 5.56. The summed E-state index contributed by atoms with van der Waals surface area (Å²) in [5.74, 6) is -0.920. The Balaban J connectivity index is 1.92. The van der Waals surface area contributed by atoms with Gasteiger partial charge in [0.1, 0.15) is 5.58 Å². The topological polar surface area (TPSA) is 56.5 Å². The molecular weight excluding hydrogens is 447 g/mol.